The molecule has 0 saturated carbocycles. The number of hydrogen-bond acceptors (Lipinski definition) is 4. The molecule has 0 aromatic heterocycles. The molecule has 4 nitrogen and oxygen atoms in total. The first kappa shape index (κ1) is 15.5. The van der Waals surface area contributed by atoms with Gasteiger partial charge in [0, 0.05) is 11.6 Å². The van der Waals surface area contributed by atoms with Crippen LogP contribution in [0.1, 0.15) is 37.4 Å². The molecular formula is C18H27NO3. The molecule has 1 heterocycles. The van der Waals surface area contributed by atoms with E-state index in [0.29, 0.717) is 23.1 Å². The number of fused-ring (bicyclic) bond motifs is 4. The Balaban J connectivity index is 2.26. The van der Waals surface area contributed by atoms with Gasteiger partial charge in [-0.25, -0.2) is 0 Å². The Morgan fingerprint density at radius 1 is 1.14 bits per heavy atom. The second-order valence-corrected chi connectivity index (χ2v) is 7.01. The first-order valence-corrected chi connectivity index (χ1v) is 7.98. The zero-order valence-electron chi connectivity index (χ0n) is 14.5. The van der Waals surface area contributed by atoms with Gasteiger partial charge in [0.05, 0.1) is 21.3 Å². The number of nitrogens with zero attached hydrogens (tertiary/aromatic N) is 1. The van der Waals surface area contributed by atoms with Crippen LogP contribution in [0.2, 0.25) is 0 Å². The molecule has 0 N–H and O–H groups in total. The van der Waals surface area contributed by atoms with Gasteiger partial charge in [0.2, 0.25) is 5.75 Å². The van der Waals surface area contributed by atoms with Crippen LogP contribution in [0, 0.1) is 11.3 Å². The summed E-state index contributed by atoms with van der Waals surface area (Å²) in [6.07, 6.45) is 2.31. The minimum atomic E-state index is 0.342. The van der Waals surface area contributed by atoms with Crippen molar-refractivity contribution < 1.29 is 14.2 Å². The Morgan fingerprint density at radius 3 is 2.41 bits per heavy atom. The van der Waals surface area contributed by atoms with Crippen molar-refractivity contribution in [2.24, 2.45) is 11.3 Å². The highest BCUT2D eigenvalue weighted by Crippen LogP contribution is 2.58. The van der Waals surface area contributed by atoms with Crippen LogP contribution >= 0.6 is 0 Å². The number of methoxy groups -OCH3 is 3. The number of likely N-dealkylation sites (tertiary alicyclic amines) is 1. The highest BCUT2D eigenvalue weighted by atomic mass is 16.5. The molecule has 0 radical (unpaired) electrons. The first-order valence-electron chi connectivity index (χ1n) is 7.98. The highest BCUT2D eigenvalue weighted by Gasteiger charge is 2.49. The monoisotopic (exact) mass is 305 g/mol. The minimum absolute atomic E-state index is 0.342. The molecule has 1 aromatic carbocycles. The lowest BCUT2D eigenvalue weighted by molar-refractivity contribution is -0.000528. The van der Waals surface area contributed by atoms with Crippen LogP contribution < -0.4 is 14.2 Å². The molecule has 1 aromatic rings. The maximum Gasteiger partial charge on any atom is 0.203 e. The van der Waals surface area contributed by atoms with Crippen molar-refractivity contribution in [1.82, 2.24) is 4.90 Å². The standard InChI is InChI=1S/C18H27NO3/c1-11-15-14-12(10-18(11,2)7-8-19(15)3)9-13(20-4)16(21-5)17(14)22-6/h9,11,15H,7-8,10H2,1-6H3. The summed E-state index contributed by atoms with van der Waals surface area (Å²) in [7, 11) is 7.29. The molecule has 22 heavy (non-hydrogen) atoms. The van der Waals surface area contributed by atoms with Gasteiger partial charge in [0.25, 0.3) is 0 Å². The average Bonchev–Trinajstić information content (AvgIpc) is 2.50. The molecule has 1 saturated heterocycles. The topological polar surface area (TPSA) is 30.9 Å². The van der Waals surface area contributed by atoms with Crippen molar-refractivity contribution in [1.29, 1.82) is 0 Å². The van der Waals surface area contributed by atoms with E-state index in [1.165, 1.54) is 17.5 Å². The quantitative estimate of drug-likeness (QED) is 0.857. The van der Waals surface area contributed by atoms with Gasteiger partial charge in [-0.1, -0.05) is 13.8 Å². The summed E-state index contributed by atoms with van der Waals surface area (Å²) in [6, 6.07) is 2.52. The maximum atomic E-state index is 5.77. The summed E-state index contributed by atoms with van der Waals surface area (Å²) in [5.74, 6) is 2.89. The van der Waals surface area contributed by atoms with Crippen molar-refractivity contribution in [2.45, 2.75) is 32.7 Å². The third-order valence-corrected chi connectivity index (χ3v) is 5.93. The molecule has 2 aliphatic rings. The minimum Gasteiger partial charge on any atom is -0.493 e. The fraction of sp³-hybridized carbons (Fsp3) is 0.667. The van der Waals surface area contributed by atoms with Crippen molar-refractivity contribution >= 4 is 0 Å². The third kappa shape index (κ3) is 2.00. The molecule has 3 atom stereocenters. The fourth-order valence-electron chi connectivity index (χ4n) is 4.42. The molecular weight excluding hydrogens is 278 g/mol. The molecule has 4 heteroatoms. The molecule has 1 fully saturated rings. The van der Waals surface area contributed by atoms with Crippen molar-refractivity contribution in [3.05, 3.63) is 17.2 Å². The van der Waals surface area contributed by atoms with Crippen molar-refractivity contribution in [3.8, 4) is 17.2 Å². The number of piperidine rings is 1. The highest BCUT2D eigenvalue weighted by molar-refractivity contribution is 5.61. The predicted octanol–water partition coefficient (Wildman–Crippen LogP) is 3.29. The third-order valence-electron chi connectivity index (χ3n) is 5.93. The Hall–Kier alpha value is -1.42. The van der Waals surface area contributed by atoms with Gasteiger partial charge in [0.15, 0.2) is 11.5 Å². The smallest absolute Gasteiger partial charge is 0.203 e. The Morgan fingerprint density at radius 2 is 1.82 bits per heavy atom. The van der Waals surface area contributed by atoms with Crippen LogP contribution in [0.25, 0.3) is 0 Å². The van der Waals surface area contributed by atoms with E-state index >= 15 is 0 Å². The molecule has 0 spiro atoms. The molecule has 3 unspecified atom stereocenters. The number of benzene rings is 1. The van der Waals surface area contributed by atoms with Crippen LogP contribution in [0.3, 0.4) is 0 Å². The summed E-state index contributed by atoms with van der Waals surface area (Å²) < 4.78 is 16.9. The lowest BCUT2D eigenvalue weighted by atomic mass is 9.59. The SMILES string of the molecule is COc1cc2c(c(OC)c1OC)C1C(C)C(C)(CCN1C)C2. The van der Waals surface area contributed by atoms with E-state index in [1.807, 2.05) is 0 Å². The number of ether oxygens (including phenoxy) is 3. The number of hydrogen-bond donors (Lipinski definition) is 0. The van der Waals surface area contributed by atoms with E-state index in [2.05, 4.69) is 31.9 Å². The molecule has 1 aliphatic carbocycles. The van der Waals surface area contributed by atoms with Crippen LogP contribution in [0.5, 0.6) is 17.2 Å². The normalized spacial score (nSPS) is 30.6. The van der Waals surface area contributed by atoms with E-state index in [0.717, 1.165) is 24.5 Å². The lowest BCUT2D eigenvalue weighted by Crippen LogP contribution is -2.49. The Labute approximate surface area is 133 Å². The van der Waals surface area contributed by atoms with Gasteiger partial charge >= 0.3 is 0 Å². The molecule has 3 rings (SSSR count). The average molecular weight is 305 g/mol. The maximum absolute atomic E-state index is 5.77. The van der Waals surface area contributed by atoms with Crippen LogP contribution in [-0.4, -0.2) is 39.8 Å². The molecule has 1 aliphatic heterocycles. The van der Waals surface area contributed by atoms with Gasteiger partial charge < -0.3 is 14.2 Å². The number of rotatable bonds is 3. The Bertz CT molecular complexity index is 586. The van der Waals surface area contributed by atoms with E-state index in [9.17, 15) is 0 Å². The first-order chi connectivity index (χ1) is 10.5. The predicted molar refractivity (Wildman–Crippen MR) is 87.1 cm³/mol. The summed E-state index contributed by atoms with van der Waals surface area (Å²) >= 11 is 0. The van der Waals surface area contributed by atoms with Crippen LogP contribution in [0.15, 0.2) is 6.07 Å². The van der Waals surface area contributed by atoms with Gasteiger partial charge in [-0.2, -0.15) is 0 Å². The van der Waals surface area contributed by atoms with Crippen molar-refractivity contribution in [2.75, 3.05) is 34.9 Å². The fourth-order valence-corrected chi connectivity index (χ4v) is 4.42. The van der Waals surface area contributed by atoms with Crippen LogP contribution in [-0.2, 0) is 6.42 Å². The van der Waals surface area contributed by atoms with Crippen molar-refractivity contribution in [3.63, 3.8) is 0 Å². The van der Waals surface area contributed by atoms with E-state index in [4.69, 9.17) is 14.2 Å². The molecule has 2 bridgehead atoms. The van der Waals surface area contributed by atoms with E-state index < -0.39 is 0 Å². The summed E-state index contributed by atoms with van der Waals surface area (Å²) in [5, 5.41) is 0. The van der Waals surface area contributed by atoms with Gasteiger partial charge in [-0.3, -0.25) is 4.90 Å². The van der Waals surface area contributed by atoms with Gasteiger partial charge in [-0.05, 0) is 49.4 Å². The Kier molecular flexibility index (Phi) is 3.76. The second-order valence-electron chi connectivity index (χ2n) is 7.01. The summed E-state index contributed by atoms with van der Waals surface area (Å²) in [4.78, 5) is 2.46. The van der Waals surface area contributed by atoms with Gasteiger partial charge in [0.1, 0.15) is 0 Å². The molecule has 0 amide bonds. The zero-order chi connectivity index (χ0) is 16.1. The van der Waals surface area contributed by atoms with Gasteiger partial charge in [-0.15, -0.1) is 0 Å². The van der Waals surface area contributed by atoms with Crippen LogP contribution in [0.4, 0.5) is 0 Å². The zero-order valence-corrected chi connectivity index (χ0v) is 14.5. The van der Waals surface area contributed by atoms with E-state index in [-0.39, 0.29) is 0 Å². The lowest BCUT2D eigenvalue weighted by Gasteiger charge is -2.53. The van der Waals surface area contributed by atoms with E-state index in [1.54, 1.807) is 21.3 Å². The second kappa shape index (κ2) is 5.34. The molecule has 122 valence electrons. The summed E-state index contributed by atoms with van der Waals surface area (Å²) in [5.41, 5.74) is 2.97. The summed E-state index contributed by atoms with van der Waals surface area (Å²) in [6.45, 7) is 5.92. The largest absolute Gasteiger partial charge is 0.493 e.